The first-order valence-electron chi connectivity index (χ1n) is 7.62. The number of pyridine rings is 1. The van der Waals surface area contributed by atoms with Gasteiger partial charge in [0.2, 0.25) is 0 Å². The van der Waals surface area contributed by atoms with Gasteiger partial charge in [-0.2, -0.15) is 0 Å². The van der Waals surface area contributed by atoms with E-state index in [2.05, 4.69) is 15.3 Å². The maximum absolute atomic E-state index is 12.5. The van der Waals surface area contributed by atoms with Crippen LogP contribution in [-0.4, -0.2) is 15.9 Å². The first-order valence-corrected chi connectivity index (χ1v) is 8.50. The van der Waals surface area contributed by atoms with Crippen molar-refractivity contribution in [3.8, 4) is 10.9 Å². The van der Waals surface area contributed by atoms with Crippen molar-refractivity contribution < 1.29 is 9.53 Å². The van der Waals surface area contributed by atoms with Crippen molar-refractivity contribution in [2.45, 2.75) is 0 Å². The second-order valence-corrected chi connectivity index (χ2v) is 6.11. The van der Waals surface area contributed by atoms with Gasteiger partial charge in [-0.25, -0.2) is 4.98 Å². The van der Waals surface area contributed by atoms with Crippen LogP contribution in [0.3, 0.4) is 0 Å². The Morgan fingerprint density at radius 3 is 2.64 bits per heavy atom. The lowest BCUT2D eigenvalue weighted by atomic mass is 10.1. The summed E-state index contributed by atoms with van der Waals surface area (Å²) in [5.74, 6) is 0.456. The molecule has 0 unspecified atom stereocenters. The van der Waals surface area contributed by atoms with Gasteiger partial charge in [0.15, 0.2) is 0 Å². The summed E-state index contributed by atoms with van der Waals surface area (Å²) in [5.41, 5.74) is 2.12. The number of anilines is 1. The number of ether oxygens (including phenoxy) is 1. The molecule has 0 saturated carbocycles. The lowest BCUT2D eigenvalue weighted by Gasteiger charge is -2.09. The van der Waals surface area contributed by atoms with Gasteiger partial charge in [0, 0.05) is 28.7 Å². The predicted octanol–water partition coefficient (Wildman–Crippen LogP) is 4.74. The molecule has 4 rings (SSSR count). The lowest BCUT2D eigenvalue weighted by Crippen LogP contribution is -2.12. The van der Waals surface area contributed by atoms with Crippen LogP contribution in [0.4, 0.5) is 5.69 Å². The Morgan fingerprint density at radius 2 is 1.84 bits per heavy atom. The van der Waals surface area contributed by atoms with Gasteiger partial charge < -0.3 is 10.1 Å². The minimum absolute atomic E-state index is 0.183. The highest BCUT2D eigenvalue weighted by molar-refractivity contribution is 7.11. The Labute approximate surface area is 147 Å². The molecule has 0 fully saturated rings. The molecule has 6 heteroatoms. The standard InChI is InChI=1S/C19H13N3O2S/c23-18(22-17-5-1-4-16-15(17)3-2-10-20-16)13-6-8-14(9-7-13)24-19-21-11-12-25-19/h1-12H,(H,22,23). The Morgan fingerprint density at radius 1 is 0.960 bits per heavy atom. The van der Waals surface area contributed by atoms with Crippen LogP contribution < -0.4 is 10.1 Å². The quantitative estimate of drug-likeness (QED) is 0.579. The number of rotatable bonds is 4. The molecule has 0 saturated heterocycles. The van der Waals surface area contributed by atoms with Crippen molar-refractivity contribution in [3.63, 3.8) is 0 Å². The van der Waals surface area contributed by atoms with Gasteiger partial charge in [0.25, 0.3) is 11.1 Å². The van der Waals surface area contributed by atoms with Gasteiger partial charge in [0.05, 0.1) is 11.2 Å². The highest BCUT2D eigenvalue weighted by Crippen LogP contribution is 2.25. The number of nitrogens with one attached hydrogen (secondary N) is 1. The second-order valence-electron chi connectivity index (χ2n) is 5.25. The topological polar surface area (TPSA) is 64.1 Å². The first-order chi connectivity index (χ1) is 12.3. The van der Waals surface area contributed by atoms with E-state index in [9.17, 15) is 4.79 Å². The molecule has 2 heterocycles. The van der Waals surface area contributed by atoms with E-state index in [1.807, 2.05) is 35.7 Å². The average Bonchev–Trinajstić information content (AvgIpc) is 3.16. The van der Waals surface area contributed by atoms with Crippen LogP contribution in [0.5, 0.6) is 10.9 Å². The molecule has 0 bridgehead atoms. The largest absolute Gasteiger partial charge is 0.431 e. The molecule has 0 aliphatic rings. The number of carbonyl (C=O) groups is 1. The van der Waals surface area contributed by atoms with E-state index in [-0.39, 0.29) is 5.91 Å². The van der Waals surface area contributed by atoms with E-state index in [1.54, 1.807) is 36.7 Å². The smallest absolute Gasteiger partial charge is 0.278 e. The summed E-state index contributed by atoms with van der Waals surface area (Å²) in [4.78, 5) is 20.9. The van der Waals surface area contributed by atoms with Crippen LogP contribution in [0.2, 0.25) is 0 Å². The molecule has 5 nitrogen and oxygen atoms in total. The second kappa shape index (κ2) is 6.70. The highest BCUT2D eigenvalue weighted by atomic mass is 32.1. The van der Waals surface area contributed by atoms with Crippen LogP contribution in [0.15, 0.2) is 72.4 Å². The summed E-state index contributed by atoms with van der Waals surface area (Å²) in [6.45, 7) is 0. The normalized spacial score (nSPS) is 10.6. The minimum atomic E-state index is -0.183. The van der Waals surface area contributed by atoms with E-state index >= 15 is 0 Å². The monoisotopic (exact) mass is 347 g/mol. The SMILES string of the molecule is O=C(Nc1cccc2ncccc12)c1ccc(Oc2nccs2)cc1. The fraction of sp³-hybridized carbons (Fsp3) is 0. The van der Waals surface area contributed by atoms with E-state index in [1.165, 1.54) is 11.3 Å². The van der Waals surface area contributed by atoms with Crippen LogP contribution in [0.1, 0.15) is 10.4 Å². The summed E-state index contributed by atoms with van der Waals surface area (Å²) in [7, 11) is 0. The maximum atomic E-state index is 12.5. The number of amides is 1. The van der Waals surface area contributed by atoms with Gasteiger partial charge in [-0.05, 0) is 48.5 Å². The third-order valence-corrected chi connectivity index (χ3v) is 4.27. The van der Waals surface area contributed by atoms with Gasteiger partial charge in [-0.3, -0.25) is 9.78 Å². The number of nitrogens with zero attached hydrogens (tertiary/aromatic N) is 2. The summed E-state index contributed by atoms with van der Waals surface area (Å²) in [6.07, 6.45) is 3.41. The van der Waals surface area contributed by atoms with E-state index < -0.39 is 0 Å². The van der Waals surface area contributed by atoms with Crippen LogP contribution in [-0.2, 0) is 0 Å². The predicted molar refractivity (Wildman–Crippen MR) is 98.3 cm³/mol. The molecular weight excluding hydrogens is 334 g/mol. The van der Waals surface area contributed by atoms with E-state index in [0.29, 0.717) is 16.5 Å². The molecule has 25 heavy (non-hydrogen) atoms. The van der Waals surface area contributed by atoms with Crippen LogP contribution in [0, 0.1) is 0 Å². The third-order valence-electron chi connectivity index (χ3n) is 3.63. The molecule has 0 radical (unpaired) electrons. The Bertz CT molecular complexity index is 1010. The average molecular weight is 347 g/mol. The minimum Gasteiger partial charge on any atom is -0.431 e. The summed E-state index contributed by atoms with van der Waals surface area (Å²) in [6, 6.07) is 16.4. The number of hydrogen-bond acceptors (Lipinski definition) is 5. The van der Waals surface area contributed by atoms with E-state index in [0.717, 1.165) is 16.6 Å². The van der Waals surface area contributed by atoms with Crippen molar-refractivity contribution in [3.05, 3.63) is 77.9 Å². The number of hydrogen-bond donors (Lipinski definition) is 1. The first kappa shape index (κ1) is 15.3. The zero-order chi connectivity index (χ0) is 17.1. The number of carbonyl (C=O) groups excluding carboxylic acids is 1. The van der Waals surface area contributed by atoms with Gasteiger partial charge in [-0.15, -0.1) is 0 Å². The summed E-state index contributed by atoms with van der Waals surface area (Å²) in [5, 5.41) is 6.25. The van der Waals surface area contributed by atoms with E-state index in [4.69, 9.17) is 4.74 Å². The van der Waals surface area contributed by atoms with Gasteiger partial charge in [-0.1, -0.05) is 17.4 Å². The zero-order valence-electron chi connectivity index (χ0n) is 13.0. The molecule has 0 aliphatic carbocycles. The van der Waals surface area contributed by atoms with Crippen LogP contribution >= 0.6 is 11.3 Å². The van der Waals surface area contributed by atoms with Crippen molar-refractivity contribution >= 4 is 33.8 Å². The van der Waals surface area contributed by atoms with Gasteiger partial charge >= 0.3 is 0 Å². The van der Waals surface area contributed by atoms with Gasteiger partial charge in [0.1, 0.15) is 5.75 Å². The fourth-order valence-corrected chi connectivity index (χ4v) is 2.95. The van der Waals surface area contributed by atoms with Crippen molar-refractivity contribution in [2.24, 2.45) is 0 Å². The number of fused-ring (bicyclic) bond motifs is 1. The maximum Gasteiger partial charge on any atom is 0.278 e. The lowest BCUT2D eigenvalue weighted by molar-refractivity contribution is 0.102. The molecule has 122 valence electrons. The molecule has 1 amide bonds. The Balaban J connectivity index is 1.52. The third kappa shape index (κ3) is 3.34. The molecule has 2 aromatic carbocycles. The van der Waals surface area contributed by atoms with Crippen molar-refractivity contribution in [1.82, 2.24) is 9.97 Å². The Kier molecular flexibility index (Phi) is 4.10. The molecule has 0 aliphatic heterocycles. The summed E-state index contributed by atoms with van der Waals surface area (Å²) < 4.78 is 5.60. The molecule has 4 aromatic rings. The number of aromatic nitrogens is 2. The zero-order valence-corrected chi connectivity index (χ0v) is 13.9. The molecule has 0 atom stereocenters. The molecule has 2 aromatic heterocycles. The number of benzene rings is 2. The fourth-order valence-electron chi connectivity index (χ4n) is 2.44. The number of thiazole rings is 1. The summed E-state index contributed by atoms with van der Waals surface area (Å²) >= 11 is 1.41. The van der Waals surface area contributed by atoms with Crippen molar-refractivity contribution in [1.29, 1.82) is 0 Å². The van der Waals surface area contributed by atoms with Crippen LogP contribution in [0.25, 0.3) is 10.9 Å². The molecular formula is C19H13N3O2S. The Hall–Kier alpha value is -3.25. The molecule has 0 spiro atoms. The highest BCUT2D eigenvalue weighted by Gasteiger charge is 2.09. The molecule has 1 N–H and O–H groups in total. The van der Waals surface area contributed by atoms with Crippen molar-refractivity contribution in [2.75, 3.05) is 5.32 Å².